The maximum atomic E-state index is 14.5. The topological polar surface area (TPSA) is 107 Å². The number of hydrogen-bond acceptors (Lipinski definition) is 6. The van der Waals surface area contributed by atoms with E-state index < -0.39 is 17.1 Å². The average Bonchev–Trinajstić information content (AvgIpc) is 3.42. The number of aromatic hydroxyl groups is 2. The van der Waals surface area contributed by atoms with E-state index in [1.807, 2.05) is 24.3 Å². The van der Waals surface area contributed by atoms with Crippen molar-refractivity contribution in [2.24, 2.45) is 45.3 Å². The third-order valence-corrected chi connectivity index (χ3v) is 17.2. The Morgan fingerprint density at radius 1 is 0.870 bits per heavy atom. The number of aliphatic hydroxyl groups is 1. The third kappa shape index (κ3) is 5.53. The molecule has 5 aliphatic carbocycles. The van der Waals surface area contributed by atoms with Crippen LogP contribution in [0.1, 0.15) is 148 Å². The minimum Gasteiger partial charge on any atom is -0.508 e. The van der Waals surface area contributed by atoms with E-state index in [0.717, 1.165) is 80.9 Å². The van der Waals surface area contributed by atoms with Gasteiger partial charge in [0.1, 0.15) is 23.4 Å². The van der Waals surface area contributed by atoms with Crippen molar-refractivity contribution in [1.82, 2.24) is 0 Å². The summed E-state index contributed by atoms with van der Waals surface area (Å²) in [5, 5.41) is 32.6. The molecule has 1 aliphatic heterocycles. The molecule has 0 radical (unpaired) electrons. The summed E-state index contributed by atoms with van der Waals surface area (Å²) < 4.78 is 6.50. The maximum absolute atomic E-state index is 14.5. The molecule has 3 N–H and O–H groups in total. The molecule has 0 bridgehead atoms. The summed E-state index contributed by atoms with van der Waals surface area (Å²) in [5.74, 6) is 2.01. The number of fused-ring (bicyclic) bond motifs is 5. The van der Waals surface area contributed by atoms with Crippen molar-refractivity contribution >= 4 is 11.6 Å². The Morgan fingerprint density at radius 3 is 2.24 bits per heavy atom. The molecule has 0 amide bonds. The Labute approximate surface area is 323 Å². The summed E-state index contributed by atoms with van der Waals surface area (Å²) in [7, 11) is 0. The van der Waals surface area contributed by atoms with Gasteiger partial charge in [-0.2, -0.15) is 0 Å². The van der Waals surface area contributed by atoms with Gasteiger partial charge in [-0.05, 0) is 146 Å². The molecule has 0 aromatic heterocycles. The second kappa shape index (κ2) is 13.0. The molecule has 6 aliphatic rings. The molecule has 12 atom stereocenters. The largest absolute Gasteiger partial charge is 0.508 e. The van der Waals surface area contributed by atoms with E-state index in [0.29, 0.717) is 36.2 Å². The van der Waals surface area contributed by atoms with E-state index in [1.54, 1.807) is 18.2 Å². The molecular weight excluding hydrogens is 673 g/mol. The second-order valence-electron chi connectivity index (χ2n) is 20.1. The minimum atomic E-state index is -0.651. The second-order valence-corrected chi connectivity index (χ2v) is 20.1. The molecule has 2 aromatic rings. The Balaban J connectivity index is 1.06. The number of ether oxygens (including phenoxy) is 1. The van der Waals surface area contributed by atoms with Gasteiger partial charge in [0.05, 0.1) is 11.7 Å². The lowest BCUT2D eigenvalue weighted by Crippen LogP contribution is -2.63. The summed E-state index contributed by atoms with van der Waals surface area (Å²) in [6.07, 6.45) is 9.85. The van der Waals surface area contributed by atoms with Crippen LogP contribution in [0.15, 0.2) is 59.7 Å². The quantitative estimate of drug-likeness (QED) is 0.221. The maximum Gasteiger partial charge on any atom is 0.160 e. The predicted octanol–water partition coefficient (Wildman–Crippen LogP) is 10.2. The molecular formula is C48H64O6. The molecule has 6 heteroatoms. The highest BCUT2D eigenvalue weighted by Crippen LogP contribution is 2.75. The number of phenols is 2. The summed E-state index contributed by atoms with van der Waals surface area (Å²) in [6, 6.07) is 15.0. The standard InChI is InChI=1S/C48H64O6/c1-8-12-30(25-37(51)43-48(7,54-43)35-18-11-17-33(35)28-13-9-15-31(49)23-28)41-36-19-20-40-45(4)26-34(29-14-10-16-32(50)24-29)42(53)44(2,3)39(45)21-22-46(40,5)47(36,6)27-38(41)52/h9-10,13-16,23-24,30,33-35,37,39-40,43,49-51H,8,11-12,17-22,25-27H2,1-7H3/t30-,33+,34+,35-,37-,39+,40-,43-,45-,46+,47+,48-/m1/s1. The van der Waals surface area contributed by atoms with Crippen LogP contribution in [0.3, 0.4) is 0 Å². The third-order valence-electron chi connectivity index (χ3n) is 17.2. The van der Waals surface area contributed by atoms with Crippen molar-refractivity contribution in [3.8, 4) is 11.5 Å². The van der Waals surface area contributed by atoms with Crippen LogP contribution < -0.4 is 0 Å². The normalized spacial score (nSPS) is 40.9. The van der Waals surface area contributed by atoms with Crippen LogP contribution in [0, 0.1) is 45.3 Å². The van der Waals surface area contributed by atoms with Gasteiger partial charge in [-0.3, -0.25) is 9.59 Å². The summed E-state index contributed by atoms with van der Waals surface area (Å²) >= 11 is 0. The van der Waals surface area contributed by atoms with Gasteiger partial charge in [0.15, 0.2) is 5.78 Å². The minimum absolute atomic E-state index is 0.00155. The Morgan fingerprint density at radius 2 is 1.56 bits per heavy atom. The summed E-state index contributed by atoms with van der Waals surface area (Å²) in [6.45, 7) is 16.0. The molecule has 6 nitrogen and oxygen atoms in total. The van der Waals surface area contributed by atoms with E-state index in [2.05, 4.69) is 54.5 Å². The lowest BCUT2D eigenvalue weighted by Gasteiger charge is -2.68. The van der Waals surface area contributed by atoms with Crippen LogP contribution >= 0.6 is 0 Å². The van der Waals surface area contributed by atoms with Crippen molar-refractivity contribution in [3.63, 3.8) is 0 Å². The molecule has 292 valence electrons. The molecule has 1 heterocycles. The first kappa shape index (κ1) is 37.9. The number of phenolic OH excluding ortho intramolecular Hbond substituents is 2. The number of aliphatic hydroxyl groups excluding tert-OH is 1. The van der Waals surface area contributed by atoms with E-state index >= 15 is 0 Å². The lowest BCUT2D eigenvalue weighted by molar-refractivity contribution is -0.183. The first-order chi connectivity index (χ1) is 25.5. The van der Waals surface area contributed by atoms with Crippen LogP contribution in [0.5, 0.6) is 11.5 Å². The lowest BCUT2D eigenvalue weighted by atomic mass is 9.35. The molecule has 1 saturated heterocycles. The highest BCUT2D eigenvalue weighted by molar-refractivity contribution is 6.00. The molecule has 0 spiro atoms. The monoisotopic (exact) mass is 736 g/mol. The Bertz CT molecular complexity index is 1860. The molecule has 4 saturated carbocycles. The fraction of sp³-hybridized carbons (Fsp3) is 0.667. The van der Waals surface area contributed by atoms with Gasteiger partial charge in [0.25, 0.3) is 0 Å². The smallest absolute Gasteiger partial charge is 0.160 e. The van der Waals surface area contributed by atoms with Crippen LogP contribution in [0.4, 0.5) is 0 Å². The van der Waals surface area contributed by atoms with E-state index in [4.69, 9.17) is 4.74 Å². The van der Waals surface area contributed by atoms with E-state index in [9.17, 15) is 24.9 Å². The number of ketones is 2. The van der Waals surface area contributed by atoms with E-state index in [-0.39, 0.29) is 57.6 Å². The van der Waals surface area contributed by atoms with E-state index in [1.165, 1.54) is 5.57 Å². The number of allylic oxidation sites excluding steroid dienone is 2. The fourth-order valence-electron chi connectivity index (χ4n) is 14.5. The zero-order chi connectivity index (χ0) is 38.6. The van der Waals surface area contributed by atoms with Gasteiger partial charge in [-0.1, -0.05) is 84.2 Å². The number of hydrogen-bond donors (Lipinski definition) is 3. The fourth-order valence-corrected chi connectivity index (χ4v) is 14.5. The Hall–Kier alpha value is -2.96. The van der Waals surface area contributed by atoms with Crippen LogP contribution in [0.2, 0.25) is 0 Å². The van der Waals surface area contributed by atoms with Crippen molar-refractivity contribution < 1.29 is 29.6 Å². The van der Waals surface area contributed by atoms with Crippen molar-refractivity contribution in [1.29, 1.82) is 0 Å². The molecule has 0 unspecified atom stereocenters. The number of Topliss-reactive ketones (excluding diaryl/α,β-unsaturated/α-hetero) is 2. The van der Waals surface area contributed by atoms with Gasteiger partial charge in [0.2, 0.25) is 0 Å². The van der Waals surface area contributed by atoms with Crippen molar-refractivity contribution in [2.75, 3.05) is 0 Å². The zero-order valence-corrected chi connectivity index (χ0v) is 33.8. The number of epoxide rings is 1. The molecule has 2 aromatic carbocycles. The highest BCUT2D eigenvalue weighted by atomic mass is 16.6. The SMILES string of the molecule is CCC[C@H](C[C@@H](O)[C@H]1O[C@]1(C)[C@@H]1CCC[C@H]1c1cccc(O)c1)C1=C2CC[C@@H]3[C@]4(C)C[C@@H](c5cccc(O)c5)C(=O)C(C)(C)[C@@H]4CC[C@]3(C)[C@@]2(C)CC1=O. The average molecular weight is 737 g/mol. The Kier molecular flexibility index (Phi) is 9.17. The molecule has 5 fully saturated rings. The van der Waals surface area contributed by atoms with Crippen LogP contribution in [-0.2, 0) is 14.3 Å². The number of benzene rings is 2. The van der Waals surface area contributed by atoms with Gasteiger partial charge in [-0.25, -0.2) is 0 Å². The van der Waals surface area contributed by atoms with Crippen molar-refractivity contribution in [2.45, 2.75) is 155 Å². The number of rotatable bonds is 9. The van der Waals surface area contributed by atoms with Crippen molar-refractivity contribution in [3.05, 3.63) is 70.8 Å². The first-order valence-electron chi connectivity index (χ1n) is 21.2. The molecule has 8 rings (SSSR count). The first-order valence-corrected chi connectivity index (χ1v) is 21.2. The zero-order valence-electron chi connectivity index (χ0n) is 33.8. The van der Waals surface area contributed by atoms with Gasteiger partial charge < -0.3 is 20.1 Å². The number of carbonyl (C=O) groups excluding carboxylic acids is 2. The summed E-state index contributed by atoms with van der Waals surface area (Å²) in [5.41, 5.74) is 3.09. The predicted molar refractivity (Wildman–Crippen MR) is 211 cm³/mol. The van der Waals surface area contributed by atoms with Crippen LogP contribution in [0.25, 0.3) is 0 Å². The van der Waals surface area contributed by atoms with Gasteiger partial charge in [-0.15, -0.1) is 0 Å². The van der Waals surface area contributed by atoms with Crippen LogP contribution in [-0.4, -0.2) is 44.7 Å². The summed E-state index contributed by atoms with van der Waals surface area (Å²) in [4.78, 5) is 28.8. The number of carbonyl (C=O) groups is 2. The molecule has 54 heavy (non-hydrogen) atoms. The van der Waals surface area contributed by atoms with Gasteiger partial charge in [0, 0.05) is 23.2 Å². The van der Waals surface area contributed by atoms with Gasteiger partial charge >= 0.3 is 0 Å². The highest BCUT2D eigenvalue weighted by Gasteiger charge is 2.69.